The Hall–Kier alpha value is -2.38. The lowest BCUT2D eigenvalue weighted by Gasteiger charge is -2.03. The highest BCUT2D eigenvalue weighted by atomic mass is 16.5. The van der Waals surface area contributed by atoms with Crippen LogP contribution in [0.15, 0.2) is 97.1 Å². The molecule has 3 aromatic rings. The Morgan fingerprint density at radius 1 is 0.429 bits per heavy atom. The molecule has 0 fully saturated rings. The summed E-state index contributed by atoms with van der Waals surface area (Å²) in [5.74, 6) is 0. The van der Waals surface area contributed by atoms with Crippen LogP contribution in [0.2, 0.25) is 0 Å². The van der Waals surface area contributed by atoms with Gasteiger partial charge in [-0.3, -0.25) is 0 Å². The Kier molecular flexibility index (Phi) is 6.80. The van der Waals surface area contributed by atoms with Crippen LogP contribution in [0.4, 0.5) is 0 Å². The molecule has 0 spiro atoms. The fraction of sp³-hybridized carbons (Fsp3) is 0.100. The normalized spacial score (nSPS) is 9.52. The molecule has 1 nitrogen and oxygen atoms in total. The van der Waals surface area contributed by atoms with Gasteiger partial charge >= 0.3 is 0 Å². The van der Waals surface area contributed by atoms with Crippen molar-refractivity contribution in [1.82, 2.24) is 0 Å². The van der Waals surface area contributed by atoms with E-state index in [1.807, 2.05) is 72.8 Å². The van der Waals surface area contributed by atoms with Crippen LogP contribution >= 0.6 is 0 Å². The molecular formula is C20H20O. The third-order valence-corrected chi connectivity index (χ3v) is 2.89. The summed E-state index contributed by atoms with van der Waals surface area (Å²) in [5.41, 5.74) is 2.43. The molecule has 0 aliphatic rings. The van der Waals surface area contributed by atoms with Gasteiger partial charge < -0.3 is 4.74 Å². The standard InChI is InChI=1S/C14H14O.C6H6/c1-3-7-13(8-4-1)11-15-12-14-9-5-2-6-10-14;1-2-4-6-5-3-1/h1-10H,11-12H2;1-6H. The van der Waals surface area contributed by atoms with Crippen LogP contribution in [0.25, 0.3) is 0 Å². The lowest BCUT2D eigenvalue weighted by atomic mass is 10.2. The molecule has 0 aliphatic carbocycles. The average Bonchev–Trinajstić information content (AvgIpc) is 2.59. The number of benzene rings is 3. The average molecular weight is 276 g/mol. The number of rotatable bonds is 4. The van der Waals surface area contributed by atoms with Crippen LogP contribution < -0.4 is 0 Å². The van der Waals surface area contributed by atoms with E-state index in [2.05, 4.69) is 24.3 Å². The van der Waals surface area contributed by atoms with Crippen molar-refractivity contribution >= 4 is 0 Å². The Bertz CT molecular complexity index is 510. The smallest absolute Gasteiger partial charge is 0.0721 e. The van der Waals surface area contributed by atoms with Gasteiger partial charge in [-0.05, 0) is 11.1 Å². The predicted molar refractivity (Wildman–Crippen MR) is 87.8 cm³/mol. The second-order valence-corrected chi connectivity index (χ2v) is 4.62. The number of ether oxygens (including phenoxy) is 1. The van der Waals surface area contributed by atoms with E-state index in [4.69, 9.17) is 4.74 Å². The molecule has 0 unspecified atom stereocenters. The second kappa shape index (κ2) is 9.51. The summed E-state index contributed by atoms with van der Waals surface area (Å²) in [6, 6.07) is 32.4. The Balaban J connectivity index is 0.000000225. The van der Waals surface area contributed by atoms with Crippen molar-refractivity contribution in [1.29, 1.82) is 0 Å². The largest absolute Gasteiger partial charge is 0.372 e. The van der Waals surface area contributed by atoms with Gasteiger partial charge in [-0.15, -0.1) is 0 Å². The molecule has 0 bridgehead atoms. The van der Waals surface area contributed by atoms with Gasteiger partial charge in [-0.1, -0.05) is 97.1 Å². The molecule has 3 aromatic carbocycles. The first kappa shape index (κ1) is 15.0. The first-order valence-corrected chi connectivity index (χ1v) is 7.11. The fourth-order valence-corrected chi connectivity index (χ4v) is 1.82. The van der Waals surface area contributed by atoms with Crippen molar-refractivity contribution in [2.24, 2.45) is 0 Å². The minimum Gasteiger partial charge on any atom is -0.372 e. The predicted octanol–water partition coefficient (Wildman–Crippen LogP) is 5.09. The van der Waals surface area contributed by atoms with Crippen LogP contribution in [0, 0.1) is 0 Å². The SMILES string of the molecule is c1ccc(COCc2ccccc2)cc1.c1ccccc1. The topological polar surface area (TPSA) is 9.23 Å². The summed E-state index contributed by atoms with van der Waals surface area (Å²) in [6.07, 6.45) is 0. The van der Waals surface area contributed by atoms with Gasteiger partial charge in [-0.2, -0.15) is 0 Å². The Morgan fingerprint density at radius 3 is 1.05 bits per heavy atom. The summed E-state index contributed by atoms with van der Waals surface area (Å²) in [5, 5.41) is 0. The van der Waals surface area contributed by atoms with E-state index in [9.17, 15) is 0 Å². The molecule has 0 saturated heterocycles. The maximum Gasteiger partial charge on any atom is 0.0721 e. The second-order valence-electron chi connectivity index (χ2n) is 4.62. The third-order valence-electron chi connectivity index (χ3n) is 2.89. The van der Waals surface area contributed by atoms with E-state index in [-0.39, 0.29) is 0 Å². The fourth-order valence-electron chi connectivity index (χ4n) is 1.82. The van der Waals surface area contributed by atoms with Crippen molar-refractivity contribution in [3.8, 4) is 0 Å². The van der Waals surface area contributed by atoms with Gasteiger partial charge in [0.1, 0.15) is 0 Å². The van der Waals surface area contributed by atoms with Crippen LogP contribution in [-0.4, -0.2) is 0 Å². The van der Waals surface area contributed by atoms with Gasteiger partial charge in [0.05, 0.1) is 13.2 Å². The van der Waals surface area contributed by atoms with Crippen molar-refractivity contribution in [3.63, 3.8) is 0 Å². The van der Waals surface area contributed by atoms with E-state index in [1.54, 1.807) is 0 Å². The van der Waals surface area contributed by atoms with Crippen LogP contribution in [0.1, 0.15) is 11.1 Å². The zero-order valence-electron chi connectivity index (χ0n) is 12.1. The molecule has 0 aliphatic heterocycles. The van der Waals surface area contributed by atoms with Crippen molar-refractivity contribution in [3.05, 3.63) is 108 Å². The van der Waals surface area contributed by atoms with Gasteiger partial charge in [0.15, 0.2) is 0 Å². The Morgan fingerprint density at radius 2 is 0.714 bits per heavy atom. The first-order valence-electron chi connectivity index (χ1n) is 7.11. The molecule has 0 atom stereocenters. The quantitative estimate of drug-likeness (QED) is 0.645. The highest BCUT2D eigenvalue weighted by Crippen LogP contribution is 2.05. The molecule has 0 saturated carbocycles. The Labute approximate surface area is 126 Å². The zero-order valence-corrected chi connectivity index (χ0v) is 12.1. The van der Waals surface area contributed by atoms with Gasteiger partial charge in [0, 0.05) is 0 Å². The van der Waals surface area contributed by atoms with Crippen LogP contribution in [0.3, 0.4) is 0 Å². The van der Waals surface area contributed by atoms with E-state index < -0.39 is 0 Å². The maximum atomic E-state index is 5.61. The first-order chi connectivity index (χ1) is 10.4. The van der Waals surface area contributed by atoms with E-state index in [0.717, 1.165) is 0 Å². The lowest BCUT2D eigenvalue weighted by Crippen LogP contribution is -1.93. The minimum absolute atomic E-state index is 0.676. The van der Waals surface area contributed by atoms with E-state index in [1.165, 1.54) is 11.1 Å². The summed E-state index contributed by atoms with van der Waals surface area (Å²) >= 11 is 0. The van der Waals surface area contributed by atoms with Gasteiger partial charge in [0.25, 0.3) is 0 Å². The summed E-state index contributed by atoms with van der Waals surface area (Å²) < 4.78 is 5.61. The number of hydrogen-bond acceptors (Lipinski definition) is 1. The monoisotopic (exact) mass is 276 g/mol. The molecule has 21 heavy (non-hydrogen) atoms. The molecule has 0 radical (unpaired) electrons. The van der Waals surface area contributed by atoms with E-state index in [0.29, 0.717) is 13.2 Å². The van der Waals surface area contributed by atoms with Gasteiger partial charge in [0.2, 0.25) is 0 Å². The highest BCUT2D eigenvalue weighted by Gasteiger charge is 1.93. The molecule has 106 valence electrons. The molecule has 1 heteroatoms. The summed E-state index contributed by atoms with van der Waals surface area (Å²) in [7, 11) is 0. The molecule has 0 heterocycles. The van der Waals surface area contributed by atoms with Crippen LogP contribution in [-0.2, 0) is 18.0 Å². The van der Waals surface area contributed by atoms with E-state index >= 15 is 0 Å². The van der Waals surface area contributed by atoms with Crippen molar-refractivity contribution in [2.75, 3.05) is 0 Å². The lowest BCUT2D eigenvalue weighted by molar-refractivity contribution is 0.107. The molecular weight excluding hydrogens is 256 g/mol. The summed E-state index contributed by atoms with van der Waals surface area (Å²) in [4.78, 5) is 0. The third kappa shape index (κ3) is 6.55. The number of hydrogen-bond donors (Lipinski definition) is 0. The van der Waals surface area contributed by atoms with Crippen LogP contribution in [0.5, 0.6) is 0 Å². The zero-order chi connectivity index (χ0) is 14.6. The molecule has 0 N–H and O–H groups in total. The van der Waals surface area contributed by atoms with Crippen molar-refractivity contribution in [2.45, 2.75) is 13.2 Å². The minimum atomic E-state index is 0.676. The highest BCUT2D eigenvalue weighted by molar-refractivity contribution is 5.15. The maximum absolute atomic E-state index is 5.61. The summed E-state index contributed by atoms with van der Waals surface area (Å²) in [6.45, 7) is 1.35. The molecule has 0 amide bonds. The molecule has 0 aromatic heterocycles. The molecule has 3 rings (SSSR count). The van der Waals surface area contributed by atoms with Crippen molar-refractivity contribution < 1.29 is 4.74 Å². The van der Waals surface area contributed by atoms with Gasteiger partial charge in [-0.25, -0.2) is 0 Å².